The summed E-state index contributed by atoms with van der Waals surface area (Å²) in [6.07, 6.45) is 3.80. The lowest BCUT2D eigenvalue weighted by Crippen LogP contribution is -1.77. The largest absolute Gasteiger partial charge is 0.198 e. The van der Waals surface area contributed by atoms with Crippen molar-refractivity contribution in [2.24, 2.45) is 0 Å². The molecule has 0 bridgehead atoms. The Bertz CT molecular complexity index is 405. The van der Waals surface area contributed by atoms with Crippen molar-refractivity contribution in [2.45, 2.75) is 6.42 Å². The molecule has 4 heteroatoms. The van der Waals surface area contributed by atoms with E-state index >= 15 is 0 Å². The lowest BCUT2D eigenvalue weighted by atomic mass is 10.2. The molecule has 0 saturated heterocycles. The third-order valence-electron chi connectivity index (χ3n) is 1.55. The highest BCUT2D eigenvalue weighted by atomic mass is 35.5. The lowest BCUT2D eigenvalue weighted by Gasteiger charge is -2.00. The second-order valence-electron chi connectivity index (χ2n) is 2.55. The van der Waals surface area contributed by atoms with Crippen LogP contribution in [0, 0.1) is 11.3 Å². The van der Waals surface area contributed by atoms with E-state index in [1.807, 2.05) is 6.07 Å². The van der Waals surface area contributed by atoms with Gasteiger partial charge < -0.3 is 0 Å². The van der Waals surface area contributed by atoms with Crippen molar-refractivity contribution in [1.29, 1.82) is 5.26 Å². The molecule has 1 aromatic rings. The lowest BCUT2D eigenvalue weighted by molar-refractivity contribution is 1.36. The number of allylic oxidation sites excluding steroid dienone is 1. The van der Waals surface area contributed by atoms with Crippen LogP contribution in [-0.4, -0.2) is 0 Å². The van der Waals surface area contributed by atoms with Gasteiger partial charge in [0.2, 0.25) is 0 Å². The van der Waals surface area contributed by atoms with Gasteiger partial charge in [-0.05, 0) is 17.7 Å². The van der Waals surface area contributed by atoms with E-state index in [9.17, 15) is 0 Å². The second kappa shape index (κ2) is 5.26. The molecule has 1 aromatic carbocycles. The van der Waals surface area contributed by atoms with E-state index in [2.05, 4.69) is 0 Å². The highest BCUT2D eigenvalue weighted by Crippen LogP contribution is 2.29. The van der Waals surface area contributed by atoms with Crippen molar-refractivity contribution in [3.05, 3.63) is 38.8 Å². The molecule has 0 spiro atoms. The van der Waals surface area contributed by atoms with Gasteiger partial charge in [0, 0.05) is 5.02 Å². The molecule has 1 nitrogen and oxygen atoms in total. The van der Waals surface area contributed by atoms with E-state index in [0.29, 0.717) is 21.5 Å². The molecule has 0 aliphatic heterocycles. The molecule has 0 aliphatic carbocycles. The van der Waals surface area contributed by atoms with Crippen LogP contribution in [0.15, 0.2) is 18.2 Å². The molecule has 0 atom stereocenters. The highest BCUT2D eigenvalue weighted by Gasteiger charge is 2.02. The van der Waals surface area contributed by atoms with Crippen molar-refractivity contribution in [3.63, 3.8) is 0 Å². The Balaban J connectivity index is 2.99. The quantitative estimate of drug-likeness (QED) is 0.701. The van der Waals surface area contributed by atoms with Crippen molar-refractivity contribution in [3.8, 4) is 6.07 Å². The molecule has 0 fully saturated rings. The number of nitriles is 1. The average Bonchev–Trinajstić information content (AvgIpc) is 2.14. The fraction of sp³-hybridized carbons (Fsp3) is 0.100. The van der Waals surface area contributed by atoms with E-state index in [4.69, 9.17) is 40.1 Å². The third-order valence-corrected chi connectivity index (χ3v) is 2.60. The van der Waals surface area contributed by atoms with Gasteiger partial charge in [-0.2, -0.15) is 5.26 Å². The Kier molecular flexibility index (Phi) is 4.28. The molecule has 0 N–H and O–H groups in total. The maximum atomic E-state index is 8.33. The first-order valence-electron chi connectivity index (χ1n) is 3.83. The van der Waals surface area contributed by atoms with Crippen molar-refractivity contribution in [1.82, 2.24) is 0 Å². The molecule has 0 radical (unpaired) electrons. The predicted octanol–water partition coefficient (Wildman–Crippen LogP) is 4.57. The van der Waals surface area contributed by atoms with Gasteiger partial charge in [0.1, 0.15) is 0 Å². The number of hydrogen-bond donors (Lipinski definition) is 0. The van der Waals surface area contributed by atoms with Gasteiger partial charge in [0.05, 0.1) is 22.5 Å². The number of rotatable bonds is 2. The first-order chi connectivity index (χ1) is 6.65. The summed E-state index contributed by atoms with van der Waals surface area (Å²) in [4.78, 5) is 0. The van der Waals surface area contributed by atoms with Gasteiger partial charge in [-0.1, -0.05) is 47.0 Å². The number of hydrogen-bond acceptors (Lipinski definition) is 1. The fourth-order valence-electron chi connectivity index (χ4n) is 0.904. The van der Waals surface area contributed by atoms with Crippen LogP contribution in [0.3, 0.4) is 0 Å². The van der Waals surface area contributed by atoms with Crippen LogP contribution in [0.4, 0.5) is 0 Å². The Morgan fingerprint density at radius 1 is 1.14 bits per heavy atom. The molecule has 0 amide bonds. The zero-order valence-corrected chi connectivity index (χ0v) is 9.37. The third kappa shape index (κ3) is 2.92. The Labute approximate surface area is 97.5 Å². The van der Waals surface area contributed by atoms with Crippen LogP contribution in [0.1, 0.15) is 12.0 Å². The zero-order chi connectivity index (χ0) is 10.6. The first-order valence-corrected chi connectivity index (χ1v) is 4.96. The van der Waals surface area contributed by atoms with E-state index in [1.54, 1.807) is 24.3 Å². The molecule has 0 aromatic heterocycles. The number of benzene rings is 1. The topological polar surface area (TPSA) is 23.8 Å². The van der Waals surface area contributed by atoms with Crippen LogP contribution in [0.2, 0.25) is 15.1 Å². The standard InChI is InChI=1S/C10H6Cl3N/c11-8-6-10(13)9(12)5-7(8)3-1-2-4-14/h1,3,5-6H,2H2. The number of halogens is 3. The molecule has 0 heterocycles. The summed E-state index contributed by atoms with van der Waals surface area (Å²) < 4.78 is 0. The van der Waals surface area contributed by atoms with Crippen LogP contribution >= 0.6 is 34.8 Å². The molecular formula is C10H6Cl3N. The minimum atomic E-state index is 0.344. The maximum Gasteiger partial charge on any atom is 0.0663 e. The summed E-state index contributed by atoms with van der Waals surface area (Å²) >= 11 is 17.5. The molecule has 0 aliphatic rings. The summed E-state index contributed by atoms with van der Waals surface area (Å²) in [5, 5.41) is 9.73. The molecule has 0 saturated carbocycles. The summed E-state index contributed by atoms with van der Waals surface area (Å²) in [7, 11) is 0. The van der Waals surface area contributed by atoms with Gasteiger partial charge >= 0.3 is 0 Å². The van der Waals surface area contributed by atoms with E-state index in [-0.39, 0.29) is 0 Å². The highest BCUT2D eigenvalue weighted by molar-refractivity contribution is 6.43. The fourth-order valence-corrected chi connectivity index (χ4v) is 1.52. The van der Waals surface area contributed by atoms with Crippen LogP contribution in [-0.2, 0) is 0 Å². The van der Waals surface area contributed by atoms with E-state index in [1.165, 1.54) is 0 Å². The van der Waals surface area contributed by atoms with Gasteiger partial charge in [0.15, 0.2) is 0 Å². The minimum Gasteiger partial charge on any atom is -0.198 e. The van der Waals surface area contributed by atoms with Crippen LogP contribution in [0.5, 0.6) is 0 Å². The molecule has 14 heavy (non-hydrogen) atoms. The smallest absolute Gasteiger partial charge is 0.0663 e. The Hall–Kier alpha value is -0.680. The molecule has 72 valence electrons. The zero-order valence-electron chi connectivity index (χ0n) is 7.10. The van der Waals surface area contributed by atoms with Gasteiger partial charge in [-0.3, -0.25) is 0 Å². The molecule has 0 unspecified atom stereocenters. The van der Waals surface area contributed by atoms with Crippen molar-refractivity contribution in [2.75, 3.05) is 0 Å². The maximum absolute atomic E-state index is 8.33. The van der Waals surface area contributed by atoms with Crippen LogP contribution < -0.4 is 0 Å². The minimum absolute atomic E-state index is 0.344. The predicted molar refractivity (Wildman–Crippen MR) is 60.7 cm³/mol. The van der Waals surface area contributed by atoms with Gasteiger partial charge in [0.25, 0.3) is 0 Å². The molecular weight excluding hydrogens is 240 g/mol. The van der Waals surface area contributed by atoms with Gasteiger partial charge in [-0.25, -0.2) is 0 Å². The van der Waals surface area contributed by atoms with Gasteiger partial charge in [-0.15, -0.1) is 0 Å². The summed E-state index contributed by atoms with van der Waals surface area (Å²) in [5.41, 5.74) is 0.760. The summed E-state index contributed by atoms with van der Waals surface area (Å²) in [5.74, 6) is 0. The summed E-state index contributed by atoms with van der Waals surface area (Å²) in [6.45, 7) is 0. The second-order valence-corrected chi connectivity index (χ2v) is 3.77. The molecule has 1 rings (SSSR count). The van der Waals surface area contributed by atoms with Crippen molar-refractivity contribution < 1.29 is 0 Å². The SMILES string of the molecule is N#CCC=Cc1cc(Cl)c(Cl)cc1Cl. The Morgan fingerprint density at radius 3 is 2.43 bits per heavy atom. The normalized spacial score (nSPS) is 10.4. The monoisotopic (exact) mass is 245 g/mol. The van der Waals surface area contributed by atoms with Crippen LogP contribution in [0.25, 0.3) is 6.08 Å². The first kappa shape index (κ1) is 11.4. The Morgan fingerprint density at radius 2 is 1.79 bits per heavy atom. The number of nitrogens with zero attached hydrogens (tertiary/aromatic N) is 1. The summed E-state index contributed by atoms with van der Waals surface area (Å²) in [6, 6.07) is 5.24. The average molecular weight is 247 g/mol. The van der Waals surface area contributed by atoms with Crippen molar-refractivity contribution >= 4 is 40.9 Å². The van der Waals surface area contributed by atoms with E-state index in [0.717, 1.165) is 5.56 Å². The van der Waals surface area contributed by atoms with E-state index < -0.39 is 0 Å².